The number of phenolic OH excluding ortho intramolecular Hbond substituents is 1. The van der Waals surface area contributed by atoms with Gasteiger partial charge in [-0.2, -0.15) is 13.2 Å². The SMILES string of the molecule is COc1ccc(CNCC(F)(F)F)cc1-c1ccc(O)c2c1C[C@H]1C[C@H]3CC(=O)C(C(N)=O)C(=O)[C@@]3(O)C(=O)C1C2=O. The molecule has 2 fully saturated rings. The Bertz CT molecular complexity index is 1540. The van der Waals surface area contributed by atoms with Crippen LogP contribution in [0.1, 0.15) is 34.3 Å². The highest BCUT2D eigenvalue weighted by molar-refractivity contribution is 6.31. The number of benzene rings is 2. The third-order valence-electron chi connectivity index (χ3n) is 8.49. The van der Waals surface area contributed by atoms with E-state index in [9.17, 15) is 47.4 Å². The highest BCUT2D eigenvalue weighted by Crippen LogP contribution is 2.51. The summed E-state index contributed by atoms with van der Waals surface area (Å²) in [6, 6.07) is 7.50. The average molecular weight is 589 g/mol. The zero-order valence-corrected chi connectivity index (χ0v) is 22.3. The zero-order valence-electron chi connectivity index (χ0n) is 22.3. The van der Waals surface area contributed by atoms with Crippen LogP contribution in [0.3, 0.4) is 0 Å². The van der Waals surface area contributed by atoms with Crippen LogP contribution in [0.15, 0.2) is 30.3 Å². The summed E-state index contributed by atoms with van der Waals surface area (Å²) in [5.41, 5.74) is 3.94. The van der Waals surface area contributed by atoms with Crippen molar-refractivity contribution in [2.75, 3.05) is 13.7 Å². The van der Waals surface area contributed by atoms with E-state index in [1.165, 1.54) is 19.2 Å². The molecule has 42 heavy (non-hydrogen) atoms. The highest BCUT2D eigenvalue weighted by Gasteiger charge is 2.66. The number of methoxy groups -OCH3 is 1. The van der Waals surface area contributed by atoms with Crippen LogP contribution in [0, 0.1) is 23.7 Å². The van der Waals surface area contributed by atoms with Gasteiger partial charge in [0.05, 0.1) is 25.1 Å². The summed E-state index contributed by atoms with van der Waals surface area (Å²) in [4.78, 5) is 64.9. The van der Waals surface area contributed by atoms with Crippen molar-refractivity contribution in [2.45, 2.75) is 37.6 Å². The molecule has 2 aromatic carbocycles. The quantitative estimate of drug-likeness (QED) is 0.366. The second-order valence-electron chi connectivity index (χ2n) is 11.0. The molecular formula is C29H27F3N2O8. The lowest BCUT2D eigenvalue weighted by molar-refractivity contribution is -0.175. The molecule has 0 heterocycles. The number of rotatable bonds is 6. The lowest BCUT2D eigenvalue weighted by Gasteiger charge is -2.48. The van der Waals surface area contributed by atoms with Crippen molar-refractivity contribution in [3.8, 4) is 22.6 Å². The van der Waals surface area contributed by atoms with E-state index in [2.05, 4.69) is 5.32 Å². The topological polar surface area (TPSA) is 173 Å². The van der Waals surface area contributed by atoms with Crippen LogP contribution in [0.5, 0.6) is 11.5 Å². The second-order valence-corrected chi connectivity index (χ2v) is 11.0. The molecule has 2 saturated carbocycles. The van der Waals surface area contributed by atoms with Gasteiger partial charge in [-0.25, -0.2) is 0 Å². The number of amides is 1. The van der Waals surface area contributed by atoms with Gasteiger partial charge in [-0.15, -0.1) is 0 Å². The third-order valence-corrected chi connectivity index (χ3v) is 8.49. The molecule has 1 amide bonds. The van der Waals surface area contributed by atoms with E-state index >= 15 is 0 Å². The molecule has 5 N–H and O–H groups in total. The number of phenols is 1. The normalized spacial score (nSPS) is 27.3. The van der Waals surface area contributed by atoms with E-state index in [1.54, 1.807) is 18.2 Å². The number of primary amides is 1. The number of hydrogen-bond donors (Lipinski definition) is 4. The first-order valence-electron chi connectivity index (χ1n) is 13.2. The van der Waals surface area contributed by atoms with Crippen molar-refractivity contribution in [3.05, 3.63) is 47.0 Å². The number of carbonyl (C=O) groups excluding carboxylic acids is 5. The van der Waals surface area contributed by atoms with Crippen LogP contribution >= 0.6 is 0 Å². The minimum Gasteiger partial charge on any atom is -0.507 e. The molecule has 10 nitrogen and oxygen atoms in total. The summed E-state index contributed by atoms with van der Waals surface area (Å²) < 4.78 is 43.4. The number of ether oxygens (including phenoxy) is 1. The first-order valence-corrected chi connectivity index (χ1v) is 13.2. The van der Waals surface area contributed by atoms with Crippen molar-refractivity contribution in [1.82, 2.24) is 5.32 Å². The maximum Gasteiger partial charge on any atom is 0.401 e. The molecule has 222 valence electrons. The van der Waals surface area contributed by atoms with Gasteiger partial charge in [0.2, 0.25) is 5.91 Å². The van der Waals surface area contributed by atoms with E-state index in [-0.39, 0.29) is 24.9 Å². The minimum absolute atomic E-state index is 0.0368. The standard InChI is InChI=1S/C29H27F3N2O8/c1-42-20-5-2-12(10-34-11-28(30,31)32)6-16(20)15-3-4-18(35)22-17(15)8-13-7-14-9-19(36)23(27(33)40)26(39)29(14,41)25(38)21(13)24(22)37/h2-6,13-14,21,23,34-35,41H,7-11H2,1H3,(H2,33,40)/t13-,14+,21?,23?,29+/m1/s1. The smallest absolute Gasteiger partial charge is 0.401 e. The fraction of sp³-hybridized carbons (Fsp3) is 0.414. The molecule has 0 aliphatic heterocycles. The molecule has 2 unspecified atom stereocenters. The number of nitrogens with two attached hydrogens (primary N) is 1. The Morgan fingerprint density at radius 2 is 1.81 bits per heavy atom. The fourth-order valence-corrected chi connectivity index (χ4v) is 6.64. The predicted octanol–water partition coefficient (Wildman–Crippen LogP) is 1.65. The Balaban J connectivity index is 1.56. The summed E-state index contributed by atoms with van der Waals surface area (Å²) in [6.07, 6.45) is -4.90. The lowest BCUT2D eigenvalue weighted by atomic mass is 9.53. The first kappa shape index (κ1) is 29.4. The number of hydrogen-bond acceptors (Lipinski definition) is 9. The van der Waals surface area contributed by atoms with Gasteiger partial charge in [0.1, 0.15) is 11.5 Å². The average Bonchev–Trinajstić information content (AvgIpc) is 2.90. The summed E-state index contributed by atoms with van der Waals surface area (Å²) in [6.45, 7) is -1.32. The van der Waals surface area contributed by atoms with Crippen LogP contribution in [0.25, 0.3) is 11.1 Å². The molecule has 13 heteroatoms. The van der Waals surface area contributed by atoms with Gasteiger partial charge in [0.15, 0.2) is 34.7 Å². The number of fused-ring (bicyclic) bond motifs is 3. The van der Waals surface area contributed by atoms with Crippen LogP contribution in [0.4, 0.5) is 13.2 Å². The van der Waals surface area contributed by atoms with Gasteiger partial charge in [-0.05, 0) is 53.6 Å². The van der Waals surface area contributed by atoms with Crippen LogP contribution in [-0.4, -0.2) is 64.7 Å². The predicted molar refractivity (Wildman–Crippen MR) is 138 cm³/mol. The van der Waals surface area contributed by atoms with E-state index in [1.807, 2.05) is 0 Å². The van der Waals surface area contributed by atoms with Crippen molar-refractivity contribution >= 4 is 29.0 Å². The summed E-state index contributed by atoms with van der Waals surface area (Å²) in [7, 11) is 1.39. The largest absolute Gasteiger partial charge is 0.507 e. The maximum atomic E-state index is 13.8. The maximum absolute atomic E-state index is 13.8. The molecule has 0 saturated heterocycles. The monoisotopic (exact) mass is 588 g/mol. The molecule has 0 spiro atoms. The highest BCUT2D eigenvalue weighted by atomic mass is 19.4. The number of ketones is 4. The molecule has 3 aliphatic carbocycles. The minimum atomic E-state index is -4.40. The van der Waals surface area contributed by atoms with Crippen molar-refractivity contribution < 1.29 is 52.1 Å². The van der Waals surface area contributed by atoms with Crippen LogP contribution < -0.4 is 15.8 Å². The summed E-state index contributed by atoms with van der Waals surface area (Å²) in [5.74, 6) is -11.0. The van der Waals surface area contributed by atoms with Gasteiger partial charge >= 0.3 is 6.18 Å². The van der Waals surface area contributed by atoms with Crippen LogP contribution in [-0.2, 0) is 32.1 Å². The van der Waals surface area contributed by atoms with E-state index < -0.39 is 83.2 Å². The summed E-state index contributed by atoms with van der Waals surface area (Å²) in [5, 5.41) is 24.4. The molecule has 2 aromatic rings. The molecule has 5 rings (SSSR count). The summed E-state index contributed by atoms with van der Waals surface area (Å²) >= 11 is 0. The Kier molecular flexibility index (Phi) is 7.22. The number of nitrogens with one attached hydrogen (secondary N) is 1. The van der Waals surface area contributed by atoms with Crippen molar-refractivity contribution in [3.63, 3.8) is 0 Å². The van der Waals surface area contributed by atoms with Gasteiger partial charge in [-0.3, -0.25) is 24.0 Å². The van der Waals surface area contributed by atoms with Gasteiger partial charge in [0, 0.05) is 24.4 Å². The Labute approximate surface area is 237 Å². The van der Waals surface area contributed by atoms with Gasteiger partial charge in [0.25, 0.3) is 0 Å². The number of Topliss-reactive ketones (excluding diaryl/α,β-unsaturated/α-hetero) is 4. The van der Waals surface area contributed by atoms with Crippen LogP contribution in [0.2, 0.25) is 0 Å². The Morgan fingerprint density at radius 1 is 1.10 bits per heavy atom. The third kappa shape index (κ3) is 4.66. The number of alkyl halides is 3. The van der Waals surface area contributed by atoms with Gasteiger partial charge in [-0.1, -0.05) is 12.1 Å². The van der Waals surface area contributed by atoms with Gasteiger partial charge < -0.3 is 26.0 Å². The zero-order chi connectivity index (χ0) is 30.7. The number of aliphatic hydroxyl groups is 1. The van der Waals surface area contributed by atoms with Crippen molar-refractivity contribution in [2.24, 2.45) is 29.4 Å². The second kappa shape index (κ2) is 10.3. The van der Waals surface area contributed by atoms with Crippen molar-refractivity contribution in [1.29, 1.82) is 0 Å². The van der Waals surface area contributed by atoms with E-state index in [4.69, 9.17) is 10.5 Å². The number of aromatic hydroxyl groups is 1. The molecular weight excluding hydrogens is 561 g/mol. The Morgan fingerprint density at radius 3 is 2.45 bits per heavy atom. The Hall–Kier alpha value is -4.10. The number of carbonyl (C=O) groups is 5. The molecule has 5 atom stereocenters. The first-order chi connectivity index (χ1) is 19.7. The molecule has 0 aromatic heterocycles. The van der Waals surface area contributed by atoms with E-state index in [0.717, 1.165) is 0 Å². The lowest BCUT2D eigenvalue weighted by Crippen LogP contribution is -2.68. The fourth-order valence-electron chi connectivity index (χ4n) is 6.64. The number of halogens is 3. The molecule has 0 bridgehead atoms. The van der Waals surface area contributed by atoms with E-state index in [0.29, 0.717) is 28.0 Å². The molecule has 3 aliphatic rings. The molecule has 0 radical (unpaired) electrons.